The lowest BCUT2D eigenvalue weighted by molar-refractivity contribution is -0.171. The molecule has 2 heterocycles. The molecule has 0 aromatic heterocycles. The van der Waals surface area contributed by atoms with Crippen molar-refractivity contribution in [3.8, 4) is 12.3 Å². The van der Waals surface area contributed by atoms with Gasteiger partial charge < -0.3 is 29.5 Å². The van der Waals surface area contributed by atoms with Crippen molar-refractivity contribution in [2.24, 2.45) is 23.7 Å². The first-order chi connectivity index (χ1) is 25.0. The standard InChI is InChI=1S/C41H60N4O8/c1-11-13-15-22-32-28(8)36(46)42-33(25(3)4)38(48)43(9)31(24-29-19-16-14-17-20-29)40(50)53-35(26(5)6)39(49)45-23-18-21-30(45)37(47)44(10)34(27(7)12-2)41(51)52-32/h1,14,16-17,19-20,25-28,30-35H,12-13,15,18,21-24H2,2-10H3,(H,42,46)/t27-,28?,30-,31-,32?,33-,34-,35-/m0/s1. The van der Waals surface area contributed by atoms with Gasteiger partial charge in [0.2, 0.25) is 17.7 Å². The molecule has 292 valence electrons. The molecule has 8 atom stereocenters. The third kappa shape index (κ3) is 10.6. The van der Waals surface area contributed by atoms with Crippen LogP contribution in [0.3, 0.4) is 0 Å². The van der Waals surface area contributed by atoms with Gasteiger partial charge in [0.1, 0.15) is 30.3 Å². The smallest absolute Gasteiger partial charge is 0.329 e. The van der Waals surface area contributed by atoms with Crippen molar-refractivity contribution in [1.29, 1.82) is 0 Å². The average molecular weight is 737 g/mol. The molecule has 1 aromatic rings. The second kappa shape index (κ2) is 19.6. The summed E-state index contributed by atoms with van der Waals surface area (Å²) in [7, 11) is 3.03. The molecule has 0 aliphatic carbocycles. The summed E-state index contributed by atoms with van der Waals surface area (Å²) in [5.41, 5.74) is 0.763. The molecule has 1 aromatic carbocycles. The molecule has 4 amide bonds. The van der Waals surface area contributed by atoms with Crippen molar-refractivity contribution < 1.29 is 38.2 Å². The lowest BCUT2D eigenvalue weighted by Gasteiger charge is -2.37. The number of benzene rings is 1. The van der Waals surface area contributed by atoms with E-state index < -0.39 is 89.7 Å². The minimum absolute atomic E-state index is 0.0932. The molecule has 2 unspecified atom stereocenters. The Labute approximate surface area is 315 Å². The topological polar surface area (TPSA) is 143 Å². The fraction of sp³-hybridized carbons (Fsp3) is 0.659. The summed E-state index contributed by atoms with van der Waals surface area (Å²) in [5, 5.41) is 2.88. The summed E-state index contributed by atoms with van der Waals surface area (Å²) < 4.78 is 12.1. The molecule has 2 aliphatic rings. The van der Waals surface area contributed by atoms with Gasteiger partial charge in [-0.25, -0.2) is 9.59 Å². The average Bonchev–Trinajstić information content (AvgIpc) is 3.63. The molecule has 0 spiro atoms. The van der Waals surface area contributed by atoms with Crippen molar-refractivity contribution in [1.82, 2.24) is 20.0 Å². The molecular weight excluding hydrogens is 676 g/mol. The Balaban J connectivity index is 2.18. The van der Waals surface area contributed by atoms with Gasteiger partial charge in [0, 0.05) is 33.5 Å². The van der Waals surface area contributed by atoms with Crippen molar-refractivity contribution in [2.75, 3.05) is 20.6 Å². The Kier molecular flexibility index (Phi) is 15.9. The maximum atomic E-state index is 14.3. The Morgan fingerprint density at radius 2 is 1.55 bits per heavy atom. The van der Waals surface area contributed by atoms with Crippen LogP contribution in [-0.2, 0) is 44.7 Å². The Morgan fingerprint density at radius 1 is 0.887 bits per heavy atom. The number of esters is 2. The quantitative estimate of drug-likeness (QED) is 0.228. The number of unbranched alkanes of at least 4 members (excludes halogenated alkanes) is 1. The van der Waals surface area contributed by atoms with Gasteiger partial charge in [0.05, 0.1) is 5.92 Å². The van der Waals surface area contributed by atoms with E-state index in [-0.39, 0.29) is 25.3 Å². The largest absolute Gasteiger partial charge is 0.460 e. The lowest BCUT2D eigenvalue weighted by atomic mass is 9.94. The van der Waals surface area contributed by atoms with Crippen molar-refractivity contribution in [3.05, 3.63) is 35.9 Å². The number of cyclic esters (lactones) is 2. The van der Waals surface area contributed by atoms with Gasteiger partial charge in [-0.2, -0.15) is 0 Å². The van der Waals surface area contributed by atoms with Gasteiger partial charge in [0.25, 0.3) is 5.91 Å². The summed E-state index contributed by atoms with van der Waals surface area (Å²) in [4.78, 5) is 89.2. The number of carbonyl (C=O) groups excluding carboxylic acids is 6. The third-order valence-corrected chi connectivity index (χ3v) is 10.7. The number of hydrogen-bond acceptors (Lipinski definition) is 8. The molecule has 3 rings (SSSR count). The molecule has 0 radical (unpaired) electrons. The van der Waals surface area contributed by atoms with Crippen molar-refractivity contribution >= 4 is 35.6 Å². The highest BCUT2D eigenvalue weighted by molar-refractivity contribution is 5.95. The van der Waals surface area contributed by atoms with E-state index in [0.29, 0.717) is 32.1 Å². The second-order valence-corrected chi connectivity index (χ2v) is 15.3. The molecule has 53 heavy (non-hydrogen) atoms. The summed E-state index contributed by atoms with van der Waals surface area (Å²) in [6, 6.07) is 5.07. The highest BCUT2D eigenvalue weighted by Gasteiger charge is 2.45. The van der Waals surface area contributed by atoms with E-state index >= 15 is 0 Å². The highest BCUT2D eigenvalue weighted by Crippen LogP contribution is 2.28. The SMILES string of the molecule is C#CCCCC1OC(=O)[C@H]([C@@H](C)CC)N(C)C(=O)[C@@H]2CCCN2C(=O)[C@H](C(C)C)OC(=O)[C@H](Cc2ccccc2)N(C)C(=O)[C@H](C(C)C)NC(=O)C1C. The van der Waals surface area contributed by atoms with Gasteiger partial charge in [-0.05, 0) is 49.0 Å². The van der Waals surface area contributed by atoms with Crippen LogP contribution >= 0.6 is 0 Å². The number of carbonyl (C=O) groups is 6. The molecule has 12 heteroatoms. The first-order valence-corrected chi connectivity index (χ1v) is 19.1. The van der Waals surface area contributed by atoms with Crippen LogP contribution in [0.5, 0.6) is 0 Å². The zero-order valence-corrected chi connectivity index (χ0v) is 33.0. The number of nitrogens with zero attached hydrogens (tertiary/aromatic N) is 3. The fourth-order valence-electron chi connectivity index (χ4n) is 7.08. The molecular formula is C41H60N4O8. The van der Waals surface area contributed by atoms with Crippen LogP contribution < -0.4 is 5.32 Å². The molecule has 2 saturated heterocycles. The maximum absolute atomic E-state index is 14.3. The first kappa shape index (κ1) is 43.0. The minimum Gasteiger partial charge on any atom is -0.460 e. The van der Waals surface area contributed by atoms with Crippen LogP contribution in [0.25, 0.3) is 0 Å². The van der Waals surface area contributed by atoms with E-state index in [1.165, 1.54) is 28.8 Å². The van der Waals surface area contributed by atoms with Crippen LogP contribution in [0, 0.1) is 36.0 Å². The third-order valence-electron chi connectivity index (χ3n) is 10.7. The van der Waals surface area contributed by atoms with E-state index in [4.69, 9.17) is 15.9 Å². The van der Waals surface area contributed by atoms with E-state index in [0.717, 1.165) is 5.56 Å². The number of hydrogen-bond donors (Lipinski definition) is 1. The van der Waals surface area contributed by atoms with Gasteiger partial charge in [-0.1, -0.05) is 85.2 Å². The Morgan fingerprint density at radius 3 is 2.13 bits per heavy atom. The van der Waals surface area contributed by atoms with Crippen LogP contribution in [0.1, 0.15) is 92.6 Å². The van der Waals surface area contributed by atoms with Crippen molar-refractivity contribution in [2.45, 2.75) is 130 Å². The van der Waals surface area contributed by atoms with Gasteiger partial charge >= 0.3 is 11.9 Å². The predicted molar refractivity (Wildman–Crippen MR) is 201 cm³/mol. The molecule has 0 bridgehead atoms. The predicted octanol–water partition coefficient (Wildman–Crippen LogP) is 3.99. The van der Waals surface area contributed by atoms with Gasteiger partial charge in [-0.15, -0.1) is 12.3 Å². The van der Waals surface area contributed by atoms with Crippen LogP contribution in [0.4, 0.5) is 0 Å². The number of terminal acetylenes is 1. The number of amides is 4. The van der Waals surface area contributed by atoms with Crippen LogP contribution in [0.2, 0.25) is 0 Å². The Bertz CT molecular complexity index is 1490. The van der Waals surface area contributed by atoms with Crippen LogP contribution in [-0.4, -0.2) is 107 Å². The molecule has 1 N–H and O–H groups in total. The van der Waals surface area contributed by atoms with Gasteiger partial charge in [-0.3, -0.25) is 19.2 Å². The number of likely N-dealkylation sites (N-methyl/N-ethyl adjacent to an activating group) is 2. The Hall–Kier alpha value is -4.40. The summed E-state index contributed by atoms with van der Waals surface area (Å²) in [6.07, 6.45) is 6.07. The lowest BCUT2D eigenvalue weighted by Crippen LogP contribution is -2.57. The molecule has 12 nitrogen and oxygen atoms in total. The number of ether oxygens (including phenoxy) is 2. The highest BCUT2D eigenvalue weighted by atomic mass is 16.6. The van der Waals surface area contributed by atoms with E-state index in [1.807, 2.05) is 44.2 Å². The normalized spacial score (nSPS) is 27.7. The number of nitrogens with one attached hydrogen (secondary N) is 1. The van der Waals surface area contributed by atoms with Crippen LogP contribution in [0.15, 0.2) is 30.3 Å². The number of rotatable bonds is 9. The zero-order valence-electron chi connectivity index (χ0n) is 33.0. The van der Waals surface area contributed by atoms with E-state index in [9.17, 15) is 28.8 Å². The minimum atomic E-state index is -1.24. The molecule has 2 fully saturated rings. The maximum Gasteiger partial charge on any atom is 0.329 e. The van der Waals surface area contributed by atoms with Crippen molar-refractivity contribution in [3.63, 3.8) is 0 Å². The van der Waals surface area contributed by atoms with E-state index in [2.05, 4.69) is 11.2 Å². The van der Waals surface area contributed by atoms with E-state index in [1.54, 1.807) is 34.6 Å². The monoisotopic (exact) mass is 736 g/mol. The summed E-state index contributed by atoms with van der Waals surface area (Å²) in [5.74, 6) is -2.90. The fourth-order valence-corrected chi connectivity index (χ4v) is 7.08. The second-order valence-electron chi connectivity index (χ2n) is 15.3. The van der Waals surface area contributed by atoms with Gasteiger partial charge in [0.15, 0.2) is 6.10 Å². The molecule has 2 aliphatic heterocycles. The molecule has 0 saturated carbocycles. The summed E-state index contributed by atoms with van der Waals surface area (Å²) in [6.45, 7) is 12.7. The zero-order chi connectivity index (χ0) is 39.6. The summed E-state index contributed by atoms with van der Waals surface area (Å²) >= 11 is 0. The number of fused-ring (bicyclic) bond motifs is 1. The first-order valence-electron chi connectivity index (χ1n) is 19.1.